The van der Waals surface area contributed by atoms with Crippen LogP contribution in [0.25, 0.3) is 0 Å². The first kappa shape index (κ1) is 18.4. The van der Waals surface area contributed by atoms with Gasteiger partial charge in [-0.3, -0.25) is 29.4 Å². The number of carbonyl (C=O) groups excluding carboxylic acids is 5. The first-order valence-corrected chi connectivity index (χ1v) is 8.34. The number of rotatable bonds is 5. The number of benzene rings is 1. The molecule has 10 heteroatoms. The molecule has 1 aromatic rings. The number of hydrogen-bond donors (Lipinski definition) is 3. The molecule has 0 saturated carbocycles. The van der Waals surface area contributed by atoms with E-state index in [9.17, 15) is 24.0 Å². The van der Waals surface area contributed by atoms with E-state index in [1.807, 2.05) is 0 Å². The number of fused-ring (bicyclic) bond motifs is 1. The Bertz CT molecular complexity index is 837. The summed E-state index contributed by atoms with van der Waals surface area (Å²) in [6.07, 6.45) is -0.416. The molecule has 0 aromatic heterocycles. The van der Waals surface area contributed by atoms with Gasteiger partial charge in [0.15, 0.2) is 0 Å². The first-order chi connectivity index (χ1) is 12.9. The van der Waals surface area contributed by atoms with Gasteiger partial charge in [0, 0.05) is 25.2 Å². The van der Waals surface area contributed by atoms with E-state index in [0.717, 1.165) is 4.90 Å². The first-order valence-electron chi connectivity index (χ1n) is 8.34. The summed E-state index contributed by atoms with van der Waals surface area (Å²) in [4.78, 5) is 60.9. The van der Waals surface area contributed by atoms with Crippen molar-refractivity contribution in [3.05, 3.63) is 29.3 Å². The Kier molecular flexibility index (Phi) is 5.06. The lowest BCUT2D eigenvalue weighted by Gasteiger charge is -2.27. The third-order valence-electron chi connectivity index (χ3n) is 4.36. The Hall–Kier alpha value is -3.43. The van der Waals surface area contributed by atoms with Gasteiger partial charge in [0.2, 0.25) is 11.8 Å². The molecule has 3 N–H and O–H groups in total. The number of piperidine rings is 1. The van der Waals surface area contributed by atoms with Gasteiger partial charge in [-0.15, -0.1) is 0 Å². The zero-order valence-electron chi connectivity index (χ0n) is 14.5. The minimum atomic E-state index is -1.01. The number of amides is 5. The maximum Gasteiger partial charge on any atom is 0.406 e. The van der Waals surface area contributed by atoms with E-state index < -0.39 is 35.8 Å². The number of alkyl carbamates (subject to hydrolysis) is 1. The maximum absolute atomic E-state index is 12.9. The molecular formula is C17H18N4O6. The molecule has 3 rings (SSSR count). The summed E-state index contributed by atoms with van der Waals surface area (Å²) in [6, 6.07) is 3.76. The lowest BCUT2D eigenvalue weighted by molar-refractivity contribution is -0.136. The molecule has 0 aliphatic carbocycles. The molecule has 142 valence electrons. The van der Waals surface area contributed by atoms with Crippen LogP contribution in [0, 0.1) is 0 Å². The van der Waals surface area contributed by atoms with Crippen LogP contribution in [0.2, 0.25) is 0 Å². The molecule has 1 fully saturated rings. The average Bonchev–Trinajstić information content (AvgIpc) is 2.90. The van der Waals surface area contributed by atoms with E-state index >= 15 is 0 Å². The van der Waals surface area contributed by atoms with Crippen LogP contribution in [0.1, 0.15) is 33.6 Å². The summed E-state index contributed by atoms with van der Waals surface area (Å²) in [7, 11) is 1.25. The minimum Gasteiger partial charge on any atom is -0.453 e. The molecule has 1 aromatic carbocycles. The van der Waals surface area contributed by atoms with Gasteiger partial charge in [0.05, 0.1) is 18.2 Å². The number of nitrogens with one attached hydrogen (secondary N) is 3. The number of nitrogens with zero attached hydrogens (tertiary/aromatic N) is 1. The molecule has 2 heterocycles. The number of anilines is 1. The third kappa shape index (κ3) is 3.46. The van der Waals surface area contributed by atoms with Gasteiger partial charge in [-0.1, -0.05) is 6.07 Å². The van der Waals surface area contributed by atoms with Gasteiger partial charge in [-0.25, -0.2) is 4.79 Å². The van der Waals surface area contributed by atoms with Crippen molar-refractivity contribution in [1.29, 1.82) is 0 Å². The highest BCUT2D eigenvalue weighted by Gasteiger charge is 2.45. The van der Waals surface area contributed by atoms with Gasteiger partial charge < -0.3 is 15.4 Å². The second-order valence-electron chi connectivity index (χ2n) is 6.02. The molecule has 0 spiro atoms. The molecule has 27 heavy (non-hydrogen) atoms. The monoisotopic (exact) mass is 374 g/mol. The number of methoxy groups -OCH3 is 1. The van der Waals surface area contributed by atoms with E-state index in [1.54, 1.807) is 12.1 Å². The summed E-state index contributed by atoms with van der Waals surface area (Å²) in [6.45, 7) is 0.542. The minimum absolute atomic E-state index is 0.0636. The van der Waals surface area contributed by atoms with Crippen LogP contribution < -0.4 is 16.0 Å². The van der Waals surface area contributed by atoms with Crippen molar-refractivity contribution in [2.75, 3.05) is 25.5 Å². The van der Waals surface area contributed by atoms with Crippen LogP contribution in [0.15, 0.2) is 18.2 Å². The van der Waals surface area contributed by atoms with E-state index in [2.05, 4.69) is 20.7 Å². The number of imide groups is 2. The predicted octanol–water partition coefficient (Wildman–Crippen LogP) is -0.144. The van der Waals surface area contributed by atoms with Crippen LogP contribution in [0.5, 0.6) is 0 Å². The van der Waals surface area contributed by atoms with Gasteiger partial charge in [-0.2, -0.15) is 0 Å². The Balaban J connectivity index is 1.77. The predicted molar refractivity (Wildman–Crippen MR) is 92.0 cm³/mol. The standard InChI is InChI=1S/C17H18N4O6/c1-27-17(26)19-8-7-18-10-4-2-3-9-13(10)16(25)21(15(9)24)11-5-6-12(22)20-14(11)23/h2-4,11,18H,5-8H2,1H3,(H,19,26)(H,20,22,23). The Morgan fingerprint density at radius 3 is 2.70 bits per heavy atom. The Labute approximate surface area is 154 Å². The third-order valence-corrected chi connectivity index (χ3v) is 4.36. The fourth-order valence-electron chi connectivity index (χ4n) is 3.10. The van der Waals surface area contributed by atoms with Crippen LogP contribution in [0.4, 0.5) is 10.5 Å². The van der Waals surface area contributed by atoms with Crippen molar-refractivity contribution < 1.29 is 28.7 Å². The van der Waals surface area contributed by atoms with Crippen molar-refractivity contribution in [3.63, 3.8) is 0 Å². The van der Waals surface area contributed by atoms with Crippen LogP contribution in [0.3, 0.4) is 0 Å². The van der Waals surface area contributed by atoms with Crippen LogP contribution in [-0.2, 0) is 14.3 Å². The van der Waals surface area contributed by atoms with Crippen molar-refractivity contribution in [3.8, 4) is 0 Å². The van der Waals surface area contributed by atoms with Crippen molar-refractivity contribution >= 4 is 35.4 Å². The molecule has 2 aliphatic heterocycles. The summed E-state index contributed by atoms with van der Waals surface area (Å²) in [5.41, 5.74) is 0.785. The molecule has 0 bridgehead atoms. The topological polar surface area (TPSA) is 134 Å². The lowest BCUT2D eigenvalue weighted by atomic mass is 10.0. The molecule has 1 atom stereocenters. The van der Waals surface area contributed by atoms with Crippen molar-refractivity contribution in [2.24, 2.45) is 0 Å². The molecule has 0 radical (unpaired) electrons. The molecule has 2 aliphatic rings. The lowest BCUT2D eigenvalue weighted by Crippen LogP contribution is -2.54. The van der Waals surface area contributed by atoms with Crippen LogP contribution >= 0.6 is 0 Å². The van der Waals surface area contributed by atoms with Gasteiger partial charge in [0.1, 0.15) is 6.04 Å². The molecular weight excluding hydrogens is 356 g/mol. The smallest absolute Gasteiger partial charge is 0.406 e. The fraction of sp³-hybridized carbons (Fsp3) is 0.353. The van der Waals surface area contributed by atoms with E-state index in [1.165, 1.54) is 13.2 Å². The SMILES string of the molecule is COC(=O)NCCNc1cccc2c1C(=O)N(C1CCC(=O)NC1=O)C2=O. The second kappa shape index (κ2) is 7.44. The zero-order chi connectivity index (χ0) is 19.6. The van der Waals surface area contributed by atoms with Crippen molar-refractivity contribution in [1.82, 2.24) is 15.5 Å². The van der Waals surface area contributed by atoms with E-state index in [0.29, 0.717) is 12.2 Å². The fourth-order valence-corrected chi connectivity index (χ4v) is 3.10. The van der Waals surface area contributed by atoms with E-state index in [4.69, 9.17) is 0 Å². The summed E-state index contributed by atoms with van der Waals surface area (Å²) in [5, 5.41) is 7.64. The highest BCUT2D eigenvalue weighted by atomic mass is 16.5. The second-order valence-corrected chi connectivity index (χ2v) is 6.02. The van der Waals surface area contributed by atoms with E-state index in [-0.39, 0.29) is 30.5 Å². The normalized spacial score (nSPS) is 18.9. The maximum atomic E-state index is 12.9. The number of ether oxygens (including phenoxy) is 1. The highest BCUT2D eigenvalue weighted by Crippen LogP contribution is 2.32. The zero-order valence-corrected chi connectivity index (χ0v) is 14.5. The molecule has 5 amide bonds. The van der Waals surface area contributed by atoms with Crippen molar-refractivity contribution in [2.45, 2.75) is 18.9 Å². The molecule has 1 unspecified atom stereocenters. The Morgan fingerprint density at radius 2 is 2.00 bits per heavy atom. The van der Waals surface area contributed by atoms with Crippen LogP contribution in [-0.4, -0.2) is 60.9 Å². The molecule has 10 nitrogen and oxygen atoms in total. The van der Waals surface area contributed by atoms with Gasteiger partial charge >= 0.3 is 6.09 Å². The summed E-state index contributed by atoms with van der Waals surface area (Å²) < 4.78 is 4.46. The number of carbonyl (C=O) groups is 5. The van der Waals surface area contributed by atoms with Gasteiger partial charge in [0.25, 0.3) is 11.8 Å². The van der Waals surface area contributed by atoms with Gasteiger partial charge in [-0.05, 0) is 18.6 Å². The largest absolute Gasteiger partial charge is 0.453 e. The highest BCUT2D eigenvalue weighted by molar-refractivity contribution is 6.25. The summed E-state index contributed by atoms with van der Waals surface area (Å²) >= 11 is 0. The Morgan fingerprint density at radius 1 is 1.22 bits per heavy atom. The number of hydrogen-bond acceptors (Lipinski definition) is 7. The average molecular weight is 374 g/mol. The summed E-state index contributed by atoms with van der Waals surface area (Å²) in [5.74, 6) is -2.24. The molecule has 1 saturated heterocycles. The quantitative estimate of drug-likeness (QED) is 0.482.